The van der Waals surface area contributed by atoms with Gasteiger partial charge in [0.2, 0.25) is 0 Å². The maximum Gasteiger partial charge on any atom is 0.145 e. The number of aryl methyl sites for hydroxylation is 2. The second-order valence-electron chi connectivity index (χ2n) is 4.17. The molecule has 1 aromatic carbocycles. The van der Waals surface area contributed by atoms with E-state index in [2.05, 4.69) is 10.3 Å². The van der Waals surface area contributed by atoms with Gasteiger partial charge in [-0.05, 0) is 26.0 Å². The average molecular weight is 280 g/mol. The van der Waals surface area contributed by atoms with E-state index >= 15 is 0 Å². The number of nitriles is 2. The van der Waals surface area contributed by atoms with Crippen molar-refractivity contribution in [2.75, 3.05) is 5.32 Å². The number of hydrogen-bond donors (Lipinski definition) is 1. The molecular formula is C15H12N4S. The molecule has 0 aliphatic carbocycles. The van der Waals surface area contributed by atoms with Gasteiger partial charge in [-0.1, -0.05) is 12.1 Å². The number of thiazole rings is 1. The normalized spacial score (nSPS) is 9.40. The highest BCUT2D eigenvalue weighted by Crippen LogP contribution is 2.28. The Balaban J connectivity index is 2.27. The Morgan fingerprint density at radius 2 is 2.05 bits per heavy atom. The Morgan fingerprint density at radius 3 is 2.65 bits per heavy atom. The van der Waals surface area contributed by atoms with Crippen molar-refractivity contribution in [3.8, 4) is 22.7 Å². The lowest BCUT2D eigenvalue weighted by Gasteiger charge is -2.02. The molecule has 2 aromatic rings. The van der Waals surface area contributed by atoms with E-state index in [1.54, 1.807) is 23.5 Å². The topological polar surface area (TPSA) is 72.5 Å². The zero-order valence-corrected chi connectivity index (χ0v) is 12.0. The Labute approximate surface area is 121 Å². The first-order valence-electron chi connectivity index (χ1n) is 5.95. The molecule has 0 spiro atoms. The highest BCUT2D eigenvalue weighted by atomic mass is 32.1. The molecule has 0 unspecified atom stereocenters. The van der Waals surface area contributed by atoms with Crippen molar-refractivity contribution >= 4 is 17.0 Å². The fourth-order valence-corrected chi connectivity index (χ4v) is 2.49. The molecule has 5 heteroatoms. The standard InChI is InChI=1S/C15H12N4S/c1-10-11(2)20-15(19-10)13-4-3-5-14(6-13)18-9-12(7-16)8-17/h3-6,9,18H,1-2H3. The third-order valence-electron chi connectivity index (χ3n) is 2.76. The zero-order chi connectivity index (χ0) is 14.5. The van der Waals surface area contributed by atoms with Gasteiger partial charge in [-0.2, -0.15) is 10.5 Å². The van der Waals surface area contributed by atoms with E-state index in [9.17, 15) is 0 Å². The second-order valence-corrected chi connectivity index (χ2v) is 5.37. The van der Waals surface area contributed by atoms with Gasteiger partial charge in [0.1, 0.15) is 22.7 Å². The molecule has 1 N–H and O–H groups in total. The maximum absolute atomic E-state index is 8.68. The summed E-state index contributed by atoms with van der Waals surface area (Å²) in [6, 6.07) is 11.3. The quantitative estimate of drug-likeness (QED) is 0.869. The number of aromatic nitrogens is 1. The average Bonchev–Trinajstić information content (AvgIpc) is 2.80. The summed E-state index contributed by atoms with van der Waals surface area (Å²) in [6.45, 7) is 4.04. The lowest BCUT2D eigenvalue weighted by atomic mass is 10.2. The summed E-state index contributed by atoms with van der Waals surface area (Å²) in [5, 5.41) is 21.3. The number of nitrogens with one attached hydrogen (secondary N) is 1. The van der Waals surface area contributed by atoms with Crippen LogP contribution in [0, 0.1) is 36.5 Å². The van der Waals surface area contributed by atoms with E-state index < -0.39 is 0 Å². The molecule has 0 radical (unpaired) electrons. The van der Waals surface area contributed by atoms with Crippen LogP contribution in [0.2, 0.25) is 0 Å². The van der Waals surface area contributed by atoms with Crippen molar-refractivity contribution in [1.82, 2.24) is 4.98 Å². The monoisotopic (exact) mass is 280 g/mol. The van der Waals surface area contributed by atoms with Crippen LogP contribution in [0.1, 0.15) is 10.6 Å². The lowest BCUT2D eigenvalue weighted by Crippen LogP contribution is -1.90. The van der Waals surface area contributed by atoms with E-state index in [-0.39, 0.29) is 5.57 Å². The minimum Gasteiger partial charge on any atom is -0.360 e. The van der Waals surface area contributed by atoms with Crippen molar-refractivity contribution < 1.29 is 0 Å². The van der Waals surface area contributed by atoms with Gasteiger partial charge in [0, 0.05) is 22.3 Å². The summed E-state index contributed by atoms with van der Waals surface area (Å²) < 4.78 is 0. The van der Waals surface area contributed by atoms with E-state index in [1.807, 2.05) is 38.1 Å². The first-order chi connectivity index (χ1) is 9.63. The number of benzene rings is 1. The predicted molar refractivity (Wildman–Crippen MR) is 80.0 cm³/mol. The highest BCUT2D eigenvalue weighted by molar-refractivity contribution is 7.15. The van der Waals surface area contributed by atoms with Crippen LogP contribution in [0.25, 0.3) is 10.6 Å². The molecule has 0 bridgehead atoms. The van der Waals surface area contributed by atoms with Gasteiger partial charge in [0.05, 0.1) is 5.69 Å². The largest absolute Gasteiger partial charge is 0.360 e. The van der Waals surface area contributed by atoms with Gasteiger partial charge < -0.3 is 5.32 Å². The molecule has 98 valence electrons. The Kier molecular flexibility index (Phi) is 4.14. The lowest BCUT2D eigenvalue weighted by molar-refractivity contribution is 1.23. The van der Waals surface area contributed by atoms with Crippen LogP contribution in [0.15, 0.2) is 36.0 Å². The van der Waals surface area contributed by atoms with E-state index in [1.165, 1.54) is 11.1 Å². The molecule has 0 aliphatic heterocycles. The fraction of sp³-hybridized carbons (Fsp3) is 0.133. The fourth-order valence-electron chi connectivity index (χ4n) is 1.58. The van der Waals surface area contributed by atoms with E-state index in [4.69, 9.17) is 10.5 Å². The third kappa shape index (κ3) is 3.03. The maximum atomic E-state index is 8.68. The second kappa shape index (κ2) is 6.01. The summed E-state index contributed by atoms with van der Waals surface area (Å²) in [4.78, 5) is 5.72. The van der Waals surface area contributed by atoms with Gasteiger partial charge >= 0.3 is 0 Å². The van der Waals surface area contributed by atoms with Crippen LogP contribution in [0.4, 0.5) is 5.69 Å². The summed E-state index contributed by atoms with van der Waals surface area (Å²) >= 11 is 1.65. The summed E-state index contributed by atoms with van der Waals surface area (Å²) in [5.74, 6) is 0. The Bertz CT molecular complexity index is 708. The molecule has 0 saturated carbocycles. The third-order valence-corrected chi connectivity index (χ3v) is 3.88. The zero-order valence-electron chi connectivity index (χ0n) is 11.1. The molecule has 0 saturated heterocycles. The van der Waals surface area contributed by atoms with Gasteiger partial charge in [-0.25, -0.2) is 4.98 Å². The molecule has 4 nitrogen and oxygen atoms in total. The summed E-state index contributed by atoms with van der Waals surface area (Å²) in [5.41, 5.74) is 2.91. The highest BCUT2D eigenvalue weighted by Gasteiger charge is 2.06. The van der Waals surface area contributed by atoms with Crippen LogP contribution in [0.3, 0.4) is 0 Å². The molecule has 0 atom stereocenters. The van der Waals surface area contributed by atoms with Crippen LogP contribution in [-0.4, -0.2) is 4.98 Å². The Morgan fingerprint density at radius 1 is 1.30 bits per heavy atom. The van der Waals surface area contributed by atoms with Crippen LogP contribution in [-0.2, 0) is 0 Å². The van der Waals surface area contributed by atoms with Crippen molar-refractivity contribution in [1.29, 1.82) is 10.5 Å². The first kappa shape index (κ1) is 13.8. The van der Waals surface area contributed by atoms with Crippen LogP contribution < -0.4 is 5.32 Å². The number of rotatable bonds is 3. The number of nitrogens with zero attached hydrogens (tertiary/aromatic N) is 3. The number of allylic oxidation sites excluding steroid dienone is 1. The summed E-state index contributed by atoms with van der Waals surface area (Å²) in [7, 11) is 0. The smallest absolute Gasteiger partial charge is 0.145 e. The molecule has 20 heavy (non-hydrogen) atoms. The van der Waals surface area contributed by atoms with Gasteiger partial charge in [-0.3, -0.25) is 0 Å². The van der Waals surface area contributed by atoms with Crippen molar-refractivity contribution in [3.63, 3.8) is 0 Å². The Hall–Kier alpha value is -2.63. The van der Waals surface area contributed by atoms with E-state index in [0.717, 1.165) is 22.0 Å². The first-order valence-corrected chi connectivity index (χ1v) is 6.77. The minimum atomic E-state index is 0.0383. The van der Waals surface area contributed by atoms with Crippen LogP contribution >= 0.6 is 11.3 Å². The van der Waals surface area contributed by atoms with Crippen LogP contribution in [0.5, 0.6) is 0 Å². The number of hydrogen-bond acceptors (Lipinski definition) is 5. The van der Waals surface area contributed by atoms with Crippen molar-refractivity contribution in [2.24, 2.45) is 0 Å². The minimum absolute atomic E-state index is 0.0383. The molecule has 0 fully saturated rings. The van der Waals surface area contributed by atoms with Crippen molar-refractivity contribution in [2.45, 2.75) is 13.8 Å². The molecule has 0 aliphatic rings. The van der Waals surface area contributed by atoms with Gasteiger partial charge in [-0.15, -0.1) is 11.3 Å². The van der Waals surface area contributed by atoms with Gasteiger partial charge in [0.15, 0.2) is 0 Å². The molecular weight excluding hydrogens is 268 g/mol. The predicted octanol–water partition coefficient (Wildman–Crippen LogP) is 3.77. The molecule has 1 heterocycles. The molecule has 2 rings (SSSR count). The number of anilines is 1. The van der Waals surface area contributed by atoms with E-state index in [0.29, 0.717) is 0 Å². The molecule has 0 amide bonds. The SMILES string of the molecule is Cc1nc(-c2cccc(NC=C(C#N)C#N)c2)sc1C. The summed E-state index contributed by atoms with van der Waals surface area (Å²) in [6.07, 6.45) is 1.40. The van der Waals surface area contributed by atoms with Crippen molar-refractivity contribution in [3.05, 3.63) is 46.6 Å². The molecule has 1 aromatic heterocycles. The van der Waals surface area contributed by atoms with Gasteiger partial charge in [0.25, 0.3) is 0 Å².